The van der Waals surface area contributed by atoms with Gasteiger partial charge < -0.3 is 10.2 Å². The zero-order valence-corrected chi connectivity index (χ0v) is 10.6. The molecular formula is C11H17NO4S. The minimum Gasteiger partial charge on any atom is -0.457 e. The standard InChI is InChI=1S/C11H17NO4S/c1-2-17(14,15)7-3-4-10(13)11-6-5-9(8-12)16-11/h5-6H,2-4,7-8,12H2,1H3. The molecule has 0 bridgehead atoms. The minimum atomic E-state index is -3.00. The van der Waals surface area contributed by atoms with Crippen LogP contribution in [0.15, 0.2) is 16.5 Å². The molecule has 1 aromatic heterocycles. The second kappa shape index (κ2) is 5.97. The summed E-state index contributed by atoms with van der Waals surface area (Å²) in [4.78, 5) is 11.6. The first-order valence-corrected chi connectivity index (χ1v) is 7.33. The van der Waals surface area contributed by atoms with E-state index in [-0.39, 0.29) is 36.0 Å². The number of furan rings is 1. The highest BCUT2D eigenvalue weighted by molar-refractivity contribution is 7.91. The molecule has 0 spiro atoms. The van der Waals surface area contributed by atoms with E-state index in [1.165, 1.54) is 0 Å². The summed E-state index contributed by atoms with van der Waals surface area (Å²) in [5.41, 5.74) is 5.35. The normalized spacial score (nSPS) is 11.6. The maximum absolute atomic E-state index is 11.6. The number of Topliss-reactive ketones (excluding diaryl/α,β-unsaturated/α-hetero) is 1. The Kier molecular flexibility index (Phi) is 4.89. The van der Waals surface area contributed by atoms with Crippen molar-refractivity contribution < 1.29 is 17.6 Å². The second-order valence-corrected chi connectivity index (χ2v) is 6.21. The van der Waals surface area contributed by atoms with Crippen LogP contribution in [0.2, 0.25) is 0 Å². The molecule has 96 valence electrons. The van der Waals surface area contributed by atoms with Gasteiger partial charge in [-0.15, -0.1) is 0 Å². The molecule has 0 fully saturated rings. The van der Waals surface area contributed by atoms with Crippen molar-refractivity contribution in [2.45, 2.75) is 26.3 Å². The van der Waals surface area contributed by atoms with E-state index in [0.717, 1.165) is 0 Å². The van der Waals surface area contributed by atoms with E-state index < -0.39 is 9.84 Å². The van der Waals surface area contributed by atoms with Crippen LogP contribution in [0.3, 0.4) is 0 Å². The summed E-state index contributed by atoms with van der Waals surface area (Å²) in [6.45, 7) is 1.84. The molecule has 0 aliphatic heterocycles. The summed E-state index contributed by atoms with van der Waals surface area (Å²) < 4.78 is 27.6. The maximum Gasteiger partial charge on any atom is 0.198 e. The lowest BCUT2D eigenvalue weighted by atomic mass is 10.2. The van der Waals surface area contributed by atoms with E-state index >= 15 is 0 Å². The molecular weight excluding hydrogens is 242 g/mol. The lowest BCUT2D eigenvalue weighted by Gasteiger charge is -1.99. The lowest BCUT2D eigenvalue weighted by Crippen LogP contribution is -2.10. The van der Waals surface area contributed by atoms with Crippen LogP contribution in [0, 0.1) is 0 Å². The minimum absolute atomic E-state index is 0.0414. The Morgan fingerprint density at radius 1 is 1.41 bits per heavy atom. The average Bonchev–Trinajstić information content (AvgIpc) is 2.77. The number of nitrogens with two attached hydrogens (primary N) is 1. The van der Waals surface area contributed by atoms with Gasteiger partial charge in [0.1, 0.15) is 15.6 Å². The van der Waals surface area contributed by atoms with Crippen LogP contribution in [0.25, 0.3) is 0 Å². The molecule has 0 aliphatic carbocycles. The monoisotopic (exact) mass is 259 g/mol. The first-order chi connectivity index (χ1) is 7.98. The van der Waals surface area contributed by atoms with E-state index in [9.17, 15) is 13.2 Å². The van der Waals surface area contributed by atoms with Crippen molar-refractivity contribution in [1.29, 1.82) is 0 Å². The number of hydrogen-bond acceptors (Lipinski definition) is 5. The van der Waals surface area contributed by atoms with Crippen molar-refractivity contribution in [3.05, 3.63) is 23.7 Å². The van der Waals surface area contributed by atoms with Crippen LogP contribution < -0.4 is 5.73 Å². The number of ketones is 1. The molecule has 1 aromatic rings. The summed E-state index contributed by atoms with van der Waals surface area (Å²) in [5, 5.41) is 0. The Morgan fingerprint density at radius 2 is 2.12 bits per heavy atom. The molecule has 17 heavy (non-hydrogen) atoms. The van der Waals surface area contributed by atoms with Crippen LogP contribution >= 0.6 is 0 Å². The fraction of sp³-hybridized carbons (Fsp3) is 0.545. The van der Waals surface area contributed by atoms with Crippen molar-refractivity contribution in [3.8, 4) is 0 Å². The third-order valence-corrected chi connectivity index (χ3v) is 4.23. The lowest BCUT2D eigenvalue weighted by molar-refractivity contribution is 0.0953. The van der Waals surface area contributed by atoms with E-state index in [1.807, 2.05) is 0 Å². The number of rotatable bonds is 7. The molecule has 5 nitrogen and oxygen atoms in total. The predicted molar refractivity (Wildman–Crippen MR) is 64.5 cm³/mol. The highest BCUT2D eigenvalue weighted by Gasteiger charge is 2.13. The molecule has 6 heteroatoms. The highest BCUT2D eigenvalue weighted by atomic mass is 32.2. The zero-order valence-electron chi connectivity index (χ0n) is 9.81. The molecule has 2 N–H and O–H groups in total. The van der Waals surface area contributed by atoms with Gasteiger partial charge >= 0.3 is 0 Å². The predicted octanol–water partition coefficient (Wildman–Crippen LogP) is 1.14. The first kappa shape index (κ1) is 13.9. The van der Waals surface area contributed by atoms with Gasteiger partial charge in [0.15, 0.2) is 11.5 Å². The van der Waals surface area contributed by atoms with Crippen molar-refractivity contribution in [2.24, 2.45) is 5.73 Å². The topological polar surface area (TPSA) is 90.4 Å². The third-order valence-electron chi connectivity index (χ3n) is 2.44. The van der Waals surface area contributed by atoms with Gasteiger partial charge in [-0.3, -0.25) is 4.79 Å². The number of hydrogen-bond donors (Lipinski definition) is 1. The molecule has 0 unspecified atom stereocenters. The molecule has 0 aromatic carbocycles. The van der Waals surface area contributed by atoms with Crippen LogP contribution in [-0.4, -0.2) is 25.7 Å². The summed E-state index contributed by atoms with van der Waals surface area (Å²) in [5.74, 6) is 0.767. The Labute approximate surface area is 101 Å². The van der Waals surface area contributed by atoms with Gasteiger partial charge in [-0.2, -0.15) is 0 Å². The third kappa shape index (κ3) is 4.32. The largest absolute Gasteiger partial charge is 0.457 e. The van der Waals surface area contributed by atoms with E-state index in [1.54, 1.807) is 19.1 Å². The van der Waals surface area contributed by atoms with Crippen LogP contribution in [0.4, 0.5) is 0 Å². The molecule has 0 saturated heterocycles. The molecule has 0 amide bonds. The smallest absolute Gasteiger partial charge is 0.198 e. The highest BCUT2D eigenvalue weighted by Crippen LogP contribution is 2.11. The molecule has 0 saturated carbocycles. The Morgan fingerprint density at radius 3 is 2.65 bits per heavy atom. The van der Waals surface area contributed by atoms with Crippen LogP contribution in [0.1, 0.15) is 36.1 Å². The first-order valence-electron chi connectivity index (χ1n) is 5.51. The van der Waals surface area contributed by atoms with E-state index in [0.29, 0.717) is 12.2 Å². The number of carbonyl (C=O) groups is 1. The van der Waals surface area contributed by atoms with E-state index in [4.69, 9.17) is 10.2 Å². The fourth-order valence-electron chi connectivity index (χ4n) is 1.36. The van der Waals surface area contributed by atoms with Crippen molar-refractivity contribution in [1.82, 2.24) is 0 Å². The van der Waals surface area contributed by atoms with Gasteiger partial charge in [0.2, 0.25) is 0 Å². The molecule has 0 radical (unpaired) electrons. The Balaban J connectivity index is 2.45. The summed E-state index contributed by atoms with van der Waals surface area (Å²) >= 11 is 0. The Bertz CT molecular complexity index is 475. The van der Waals surface area contributed by atoms with Gasteiger partial charge in [0.05, 0.1) is 12.3 Å². The molecule has 0 aliphatic rings. The van der Waals surface area contributed by atoms with Gasteiger partial charge in [-0.25, -0.2) is 8.42 Å². The van der Waals surface area contributed by atoms with Crippen molar-refractivity contribution in [2.75, 3.05) is 11.5 Å². The van der Waals surface area contributed by atoms with Crippen LogP contribution in [-0.2, 0) is 16.4 Å². The maximum atomic E-state index is 11.6. The second-order valence-electron chi connectivity index (χ2n) is 3.73. The summed E-state index contributed by atoms with van der Waals surface area (Å²) in [7, 11) is -3.00. The number of sulfone groups is 1. The van der Waals surface area contributed by atoms with Gasteiger partial charge in [0.25, 0.3) is 0 Å². The number of carbonyl (C=O) groups excluding carboxylic acids is 1. The molecule has 0 atom stereocenters. The summed E-state index contributed by atoms with van der Waals surface area (Å²) in [6.07, 6.45) is 0.504. The summed E-state index contributed by atoms with van der Waals surface area (Å²) in [6, 6.07) is 3.22. The van der Waals surface area contributed by atoms with Gasteiger partial charge in [-0.1, -0.05) is 6.92 Å². The molecule has 1 rings (SSSR count). The van der Waals surface area contributed by atoms with Crippen molar-refractivity contribution >= 4 is 15.6 Å². The van der Waals surface area contributed by atoms with E-state index in [2.05, 4.69) is 0 Å². The van der Waals surface area contributed by atoms with Gasteiger partial charge in [-0.05, 0) is 18.6 Å². The van der Waals surface area contributed by atoms with Gasteiger partial charge in [0, 0.05) is 12.2 Å². The quantitative estimate of drug-likeness (QED) is 0.741. The zero-order chi connectivity index (χ0) is 12.9. The SMILES string of the molecule is CCS(=O)(=O)CCCC(=O)c1ccc(CN)o1. The fourth-order valence-corrected chi connectivity index (χ4v) is 2.23. The average molecular weight is 259 g/mol. The Hall–Kier alpha value is -1.14. The van der Waals surface area contributed by atoms with Crippen molar-refractivity contribution in [3.63, 3.8) is 0 Å². The molecule has 1 heterocycles. The van der Waals surface area contributed by atoms with Crippen LogP contribution in [0.5, 0.6) is 0 Å².